The minimum Gasteiger partial charge on any atom is -0.330 e. The van der Waals surface area contributed by atoms with Crippen LogP contribution >= 0.6 is 12.6 Å². The second-order valence-electron chi connectivity index (χ2n) is 3.89. The quantitative estimate of drug-likeness (QED) is 0.711. The van der Waals surface area contributed by atoms with E-state index in [1.807, 2.05) is 12.1 Å². The summed E-state index contributed by atoms with van der Waals surface area (Å²) in [4.78, 5) is 12.6. The van der Waals surface area contributed by atoms with Gasteiger partial charge in [0.15, 0.2) is 0 Å². The first-order valence-electron chi connectivity index (χ1n) is 5.05. The molecule has 6 heteroatoms. The Bertz CT molecular complexity index is 459. The maximum atomic E-state index is 12.3. The molecule has 0 fully saturated rings. The lowest BCUT2D eigenvalue weighted by molar-refractivity contribution is -0.186. The first-order chi connectivity index (χ1) is 7.89. The third-order valence-electron chi connectivity index (χ3n) is 2.78. The molecule has 1 aromatic carbocycles. The van der Waals surface area contributed by atoms with E-state index in [0.717, 1.165) is 10.5 Å². The van der Waals surface area contributed by atoms with Crippen molar-refractivity contribution in [2.75, 3.05) is 6.54 Å². The van der Waals surface area contributed by atoms with E-state index in [9.17, 15) is 18.0 Å². The summed E-state index contributed by atoms with van der Waals surface area (Å²) in [6.07, 6.45) is -4.37. The average molecular weight is 261 g/mol. The van der Waals surface area contributed by atoms with Gasteiger partial charge in [0.05, 0.1) is 0 Å². The van der Waals surface area contributed by atoms with E-state index >= 15 is 0 Å². The maximum absolute atomic E-state index is 12.3. The van der Waals surface area contributed by atoms with Crippen LogP contribution in [0, 0.1) is 0 Å². The topological polar surface area (TPSA) is 20.3 Å². The summed E-state index contributed by atoms with van der Waals surface area (Å²) in [5, 5.41) is 0. The SMILES string of the molecule is O=C(N1CCc2cccc(S)c2C1)C(F)(F)F. The molecule has 2 nitrogen and oxygen atoms in total. The van der Waals surface area contributed by atoms with Gasteiger partial charge in [0.25, 0.3) is 0 Å². The molecule has 1 aliphatic heterocycles. The Balaban J connectivity index is 2.25. The number of hydrogen-bond acceptors (Lipinski definition) is 2. The van der Waals surface area contributed by atoms with Crippen molar-refractivity contribution in [3.8, 4) is 0 Å². The molecule has 0 saturated carbocycles. The van der Waals surface area contributed by atoms with Crippen molar-refractivity contribution in [3.05, 3.63) is 29.3 Å². The normalized spacial score (nSPS) is 15.6. The van der Waals surface area contributed by atoms with Crippen LogP contribution < -0.4 is 0 Å². The lowest BCUT2D eigenvalue weighted by Crippen LogP contribution is -2.43. The highest BCUT2D eigenvalue weighted by atomic mass is 32.1. The fourth-order valence-electron chi connectivity index (χ4n) is 1.92. The average Bonchev–Trinajstić information content (AvgIpc) is 2.27. The van der Waals surface area contributed by atoms with Crippen molar-refractivity contribution in [3.63, 3.8) is 0 Å². The van der Waals surface area contributed by atoms with Crippen molar-refractivity contribution in [1.29, 1.82) is 0 Å². The van der Waals surface area contributed by atoms with Gasteiger partial charge in [-0.15, -0.1) is 12.6 Å². The molecule has 1 amide bonds. The Kier molecular flexibility index (Phi) is 3.07. The van der Waals surface area contributed by atoms with E-state index in [-0.39, 0.29) is 13.1 Å². The van der Waals surface area contributed by atoms with Gasteiger partial charge in [0.1, 0.15) is 0 Å². The van der Waals surface area contributed by atoms with Crippen LogP contribution in [-0.4, -0.2) is 23.5 Å². The summed E-state index contributed by atoms with van der Waals surface area (Å²) < 4.78 is 36.9. The Morgan fingerprint density at radius 2 is 2.06 bits per heavy atom. The van der Waals surface area contributed by atoms with Crippen LogP contribution in [-0.2, 0) is 17.8 Å². The molecule has 2 rings (SSSR count). The number of rotatable bonds is 0. The van der Waals surface area contributed by atoms with Gasteiger partial charge in [-0.05, 0) is 23.6 Å². The predicted octanol–water partition coefficient (Wildman–Crippen LogP) is 2.42. The van der Waals surface area contributed by atoms with Crippen LogP contribution in [0.25, 0.3) is 0 Å². The highest BCUT2D eigenvalue weighted by molar-refractivity contribution is 7.80. The Hall–Kier alpha value is -1.17. The third kappa shape index (κ3) is 2.41. The Morgan fingerprint density at radius 3 is 2.71 bits per heavy atom. The number of carbonyl (C=O) groups excluding carboxylic acids is 1. The summed E-state index contributed by atoms with van der Waals surface area (Å²) in [7, 11) is 0. The van der Waals surface area contributed by atoms with Gasteiger partial charge in [-0.1, -0.05) is 12.1 Å². The van der Waals surface area contributed by atoms with Crippen LogP contribution in [0.15, 0.2) is 23.1 Å². The zero-order chi connectivity index (χ0) is 12.6. The number of hydrogen-bond donors (Lipinski definition) is 1. The van der Waals surface area contributed by atoms with E-state index in [1.54, 1.807) is 6.07 Å². The first-order valence-corrected chi connectivity index (χ1v) is 5.50. The molecular weight excluding hydrogens is 251 g/mol. The maximum Gasteiger partial charge on any atom is 0.471 e. The minimum atomic E-state index is -4.80. The van der Waals surface area contributed by atoms with Gasteiger partial charge >= 0.3 is 12.1 Å². The van der Waals surface area contributed by atoms with Crippen LogP contribution in [0.3, 0.4) is 0 Å². The Morgan fingerprint density at radius 1 is 1.35 bits per heavy atom. The highest BCUT2D eigenvalue weighted by Crippen LogP contribution is 2.28. The van der Waals surface area contributed by atoms with E-state index in [0.29, 0.717) is 16.9 Å². The molecule has 0 atom stereocenters. The summed E-state index contributed by atoms with van der Waals surface area (Å²) >= 11 is 4.20. The smallest absolute Gasteiger partial charge is 0.330 e. The molecule has 0 unspecified atom stereocenters. The fraction of sp³-hybridized carbons (Fsp3) is 0.364. The lowest BCUT2D eigenvalue weighted by Gasteiger charge is -2.30. The van der Waals surface area contributed by atoms with Gasteiger partial charge < -0.3 is 4.90 Å². The van der Waals surface area contributed by atoms with Crippen molar-refractivity contribution in [1.82, 2.24) is 4.90 Å². The molecule has 0 N–H and O–H groups in total. The monoisotopic (exact) mass is 261 g/mol. The van der Waals surface area contributed by atoms with E-state index in [4.69, 9.17) is 0 Å². The number of halogens is 3. The lowest BCUT2D eigenvalue weighted by atomic mass is 10.00. The molecular formula is C11H10F3NOS. The van der Waals surface area contributed by atoms with Crippen LogP contribution in [0.4, 0.5) is 13.2 Å². The number of thiol groups is 1. The number of amides is 1. The molecule has 1 heterocycles. The summed E-state index contributed by atoms with van der Waals surface area (Å²) in [5.74, 6) is -1.78. The zero-order valence-electron chi connectivity index (χ0n) is 8.79. The second-order valence-corrected chi connectivity index (χ2v) is 4.37. The molecule has 0 spiro atoms. The van der Waals surface area contributed by atoms with Crippen LogP contribution in [0.1, 0.15) is 11.1 Å². The van der Waals surface area contributed by atoms with E-state index in [2.05, 4.69) is 12.6 Å². The zero-order valence-corrected chi connectivity index (χ0v) is 9.68. The minimum absolute atomic E-state index is 0.0205. The van der Waals surface area contributed by atoms with Crippen LogP contribution in [0.5, 0.6) is 0 Å². The van der Waals surface area contributed by atoms with E-state index in [1.165, 1.54) is 0 Å². The first kappa shape index (κ1) is 12.3. The molecule has 17 heavy (non-hydrogen) atoms. The van der Waals surface area contributed by atoms with E-state index < -0.39 is 12.1 Å². The fourth-order valence-corrected chi connectivity index (χ4v) is 2.22. The summed E-state index contributed by atoms with van der Waals surface area (Å²) in [6, 6.07) is 5.37. The largest absolute Gasteiger partial charge is 0.471 e. The van der Waals surface area contributed by atoms with Gasteiger partial charge in [0.2, 0.25) is 0 Å². The van der Waals surface area contributed by atoms with Crippen molar-refractivity contribution in [2.24, 2.45) is 0 Å². The molecule has 0 radical (unpaired) electrons. The van der Waals surface area contributed by atoms with Crippen molar-refractivity contribution >= 4 is 18.5 Å². The van der Waals surface area contributed by atoms with Gasteiger partial charge in [-0.25, -0.2) is 0 Å². The Labute approximate surface area is 102 Å². The van der Waals surface area contributed by atoms with Crippen molar-refractivity contribution in [2.45, 2.75) is 24.0 Å². The van der Waals surface area contributed by atoms with Gasteiger partial charge in [0, 0.05) is 18.0 Å². The molecule has 0 aromatic heterocycles. The number of nitrogens with zero attached hydrogens (tertiary/aromatic N) is 1. The third-order valence-corrected chi connectivity index (χ3v) is 3.20. The van der Waals surface area contributed by atoms with Gasteiger partial charge in [-0.3, -0.25) is 4.79 Å². The summed E-state index contributed by atoms with van der Waals surface area (Å²) in [6.45, 7) is 0.0793. The summed E-state index contributed by atoms with van der Waals surface area (Å²) in [5.41, 5.74) is 1.67. The van der Waals surface area contributed by atoms with Crippen LogP contribution in [0.2, 0.25) is 0 Å². The molecule has 0 aliphatic carbocycles. The number of fused-ring (bicyclic) bond motifs is 1. The highest BCUT2D eigenvalue weighted by Gasteiger charge is 2.43. The number of benzene rings is 1. The number of carbonyl (C=O) groups is 1. The molecule has 1 aromatic rings. The van der Waals surface area contributed by atoms with Gasteiger partial charge in [-0.2, -0.15) is 13.2 Å². The molecule has 0 saturated heterocycles. The van der Waals surface area contributed by atoms with Crippen molar-refractivity contribution < 1.29 is 18.0 Å². The number of alkyl halides is 3. The molecule has 0 bridgehead atoms. The molecule has 92 valence electrons. The molecule has 1 aliphatic rings. The standard InChI is InChI=1S/C11H10F3NOS/c12-11(13,14)10(16)15-5-4-7-2-1-3-9(17)8(7)6-15/h1-3,17H,4-6H2. The second kappa shape index (κ2) is 4.25. The predicted molar refractivity (Wildman–Crippen MR) is 58.9 cm³/mol.